The number of nitrogens with one attached hydrogen (secondary N) is 1. The second kappa shape index (κ2) is 9.45. The van der Waals surface area contributed by atoms with Gasteiger partial charge in [-0.2, -0.15) is 5.10 Å². The molecule has 1 N–H and O–H groups in total. The summed E-state index contributed by atoms with van der Waals surface area (Å²) < 4.78 is 20.7. The molecule has 0 atom stereocenters. The van der Waals surface area contributed by atoms with E-state index in [4.69, 9.17) is 16.3 Å². The molecule has 5 nitrogen and oxygen atoms in total. The molecule has 0 fully saturated rings. The Morgan fingerprint density at radius 2 is 1.84 bits per heavy atom. The molecule has 0 aliphatic carbocycles. The minimum atomic E-state index is -0.295. The van der Waals surface area contributed by atoms with Crippen LogP contribution in [0.5, 0.6) is 5.75 Å². The zero-order valence-corrected chi connectivity index (χ0v) is 17.2. The van der Waals surface area contributed by atoms with E-state index in [9.17, 15) is 9.18 Å². The van der Waals surface area contributed by atoms with Crippen molar-refractivity contribution in [3.05, 3.63) is 113 Å². The number of benzene rings is 3. The van der Waals surface area contributed by atoms with Crippen molar-refractivity contribution in [2.45, 2.75) is 13.2 Å². The Morgan fingerprint density at radius 3 is 2.68 bits per heavy atom. The summed E-state index contributed by atoms with van der Waals surface area (Å²) in [4.78, 5) is 12.6. The lowest BCUT2D eigenvalue weighted by Crippen LogP contribution is -2.12. The lowest BCUT2D eigenvalue weighted by atomic mass is 10.1. The Bertz CT molecular complexity index is 1210. The van der Waals surface area contributed by atoms with Crippen molar-refractivity contribution >= 4 is 23.2 Å². The number of rotatable bonds is 7. The Kier molecular flexibility index (Phi) is 6.29. The van der Waals surface area contributed by atoms with Crippen molar-refractivity contribution in [2.24, 2.45) is 0 Å². The molecule has 0 aliphatic rings. The van der Waals surface area contributed by atoms with Gasteiger partial charge in [0.25, 0.3) is 5.91 Å². The fraction of sp³-hybridized carbons (Fsp3) is 0.0833. The smallest absolute Gasteiger partial charge is 0.255 e. The van der Waals surface area contributed by atoms with Crippen molar-refractivity contribution in [3.8, 4) is 5.75 Å². The number of hydrogen-bond acceptors (Lipinski definition) is 3. The summed E-state index contributed by atoms with van der Waals surface area (Å²) in [6.07, 6.45) is 3.26. The monoisotopic (exact) mass is 435 g/mol. The lowest BCUT2D eigenvalue weighted by Gasteiger charge is -2.09. The third-order valence-corrected chi connectivity index (χ3v) is 4.86. The summed E-state index contributed by atoms with van der Waals surface area (Å²) in [6, 6.07) is 20.7. The van der Waals surface area contributed by atoms with Gasteiger partial charge in [0.1, 0.15) is 18.2 Å². The minimum Gasteiger partial charge on any atom is -0.487 e. The van der Waals surface area contributed by atoms with Gasteiger partial charge >= 0.3 is 0 Å². The predicted molar refractivity (Wildman–Crippen MR) is 118 cm³/mol. The third-order valence-electron chi connectivity index (χ3n) is 4.54. The zero-order chi connectivity index (χ0) is 21.6. The number of para-hydroxylation sites is 1. The van der Waals surface area contributed by atoms with Crippen LogP contribution in [0.25, 0.3) is 0 Å². The molecule has 1 aromatic heterocycles. The second-order valence-corrected chi connectivity index (χ2v) is 7.34. The van der Waals surface area contributed by atoms with Gasteiger partial charge in [-0.1, -0.05) is 48.0 Å². The van der Waals surface area contributed by atoms with E-state index >= 15 is 0 Å². The molecule has 4 aromatic rings. The Morgan fingerprint density at radius 1 is 1.03 bits per heavy atom. The van der Waals surface area contributed by atoms with Crippen LogP contribution in [0.15, 0.2) is 85.2 Å². The molecule has 0 unspecified atom stereocenters. The number of halogens is 2. The highest BCUT2D eigenvalue weighted by Crippen LogP contribution is 2.24. The first-order valence-corrected chi connectivity index (χ1v) is 9.99. The number of anilines is 1. The van der Waals surface area contributed by atoms with Crippen LogP contribution in [0.1, 0.15) is 21.5 Å². The van der Waals surface area contributed by atoms with Gasteiger partial charge in [0, 0.05) is 11.8 Å². The maximum atomic E-state index is 13.3. The average Bonchev–Trinajstić information content (AvgIpc) is 3.20. The van der Waals surface area contributed by atoms with E-state index in [-0.39, 0.29) is 18.3 Å². The highest BCUT2D eigenvalue weighted by Gasteiger charge is 2.10. The zero-order valence-electron chi connectivity index (χ0n) is 16.5. The molecule has 1 heterocycles. The number of ether oxygens (including phenoxy) is 1. The predicted octanol–water partition coefficient (Wildman–Crippen LogP) is 5.56. The standard InChI is InChI=1S/C24H19ClFN3O2/c25-22-9-1-2-10-23(22)31-16-18-6-3-7-19(11-18)24(30)28-21-13-27-29(15-21)14-17-5-4-8-20(26)12-17/h1-13,15H,14,16H2,(H,28,30). The normalized spacial score (nSPS) is 10.6. The lowest BCUT2D eigenvalue weighted by molar-refractivity contribution is 0.102. The summed E-state index contributed by atoms with van der Waals surface area (Å²) in [5, 5.41) is 7.59. The molecule has 156 valence electrons. The van der Waals surface area contributed by atoms with Crippen LogP contribution in [0, 0.1) is 5.82 Å². The van der Waals surface area contributed by atoms with Crippen molar-refractivity contribution in [1.82, 2.24) is 9.78 Å². The molecule has 0 bridgehead atoms. The van der Waals surface area contributed by atoms with Gasteiger partial charge in [0.05, 0.1) is 23.5 Å². The van der Waals surface area contributed by atoms with E-state index in [1.807, 2.05) is 24.3 Å². The van der Waals surface area contributed by atoms with Gasteiger partial charge in [0.2, 0.25) is 0 Å². The van der Waals surface area contributed by atoms with Gasteiger partial charge in [0.15, 0.2) is 0 Å². The minimum absolute atomic E-state index is 0.259. The molecule has 0 radical (unpaired) electrons. The molecular formula is C24H19ClFN3O2. The van der Waals surface area contributed by atoms with E-state index in [2.05, 4.69) is 10.4 Å². The molecule has 31 heavy (non-hydrogen) atoms. The summed E-state index contributed by atoms with van der Waals surface area (Å²) in [6.45, 7) is 0.693. The highest BCUT2D eigenvalue weighted by molar-refractivity contribution is 6.32. The molecule has 0 spiro atoms. The quantitative estimate of drug-likeness (QED) is 0.413. The molecule has 7 heteroatoms. The fourth-order valence-corrected chi connectivity index (χ4v) is 3.26. The van der Waals surface area contributed by atoms with E-state index < -0.39 is 0 Å². The summed E-state index contributed by atoms with van der Waals surface area (Å²) >= 11 is 6.11. The maximum Gasteiger partial charge on any atom is 0.255 e. The van der Waals surface area contributed by atoms with Crippen molar-refractivity contribution in [2.75, 3.05) is 5.32 Å². The summed E-state index contributed by atoms with van der Waals surface area (Å²) in [5.41, 5.74) is 2.68. The van der Waals surface area contributed by atoms with Crippen molar-refractivity contribution in [3.63, 3.8) is 0 Å². The van der Waals surface area contributed by atoms with Crippen LogP contribution < -0.4 is 10.1 Å². The molecule has 0 saturated heterocycles. The Hall–Kier alpha value is -3.64. The number of carbonyl (C=O) groups is 1. The molecular weight excluding hydrogens is 417 g/mol. The van der Waals surface area contributed by atoms with Crippen LogP contribution in [-0.4, -0.2) is 15.7 Å². The topological polar surface area (TPSA) is 56.2 Å². The van der Waals surface area contributed by atoms with E-state index in [1.165, 1.54) is 12.1 Å². The van der Waals surface area contributed by atoms with E-state index in [1.54, 1.807) is 53.5 Å². The fourth-order valence-electron chi connectivity index (χ4n) is 3.07. The first-order valence-electron chi connectivity index (χ1n) is 9.61. The first kappa shape index (κ1) is 20.6. The Labute approximate surface area is 184 Å². The largest absolute Gasteiger partial charge is 0.487 e. The summed E-state index contributed by atoms with van der Waals surface area (Å²) in [5.74, 6) is 0.0335. The third kappa shape index (κ3) is 5.49. The van der Waals surface area contributed by atoms with Crippen LogP contribution >= 0.6 is 11.6 Å². The second-order valence-electron chi connectivity index (χ2n) is 6.93. The molecule has 1 amide bonds. The van der Waals surface area contributed by atoms with Gasteiger partial charge in [-0.05, 0) is 47.5 Å². The van der Waals surface area contributed by atoms with Gasteiger partial charge in [-0.15, -0.1) is 0 Å². The van der Waals surface area contributed by atoms with Gasteiger partial charge < -0.3 is 10.1 Å². The van der Waals surface area contributed by atoms with Crippen LogP contribution in [0.2, 0.25) is 5.02 Å². The van der Waals surface area contributed by atoms with Gasteiger partial charge in [-0.3, -0.25) is 9.48 Å². The SMILES string of the molecule is O=C(Nc1cnn(Cc2cccc(F)c2)c1)c1cccc(COc2ccccc2Cl)c1. The number of hydrogen-bond donors (Lipinski definition) is 1. The molecule has 4 rings (SSSR count). The molecule has 0 saturated carbocycles. The van der Waals surface area contributed by atoms with Crippen molar-refractivity contribution in [1.29, 1.82) is 0 Å². The van der Waals surface area contributed by atoms with Crippen LogP contribution in [0.4, 0.5) is 10.1 Å². The van der Waals surface area contributed by atoms with E-state index in [0.29, 0.717) is 28.6 Å². The first-order chi connectivity index (χ1) is 15.1. The molecule has 0 aliphatic heterocycles. The maximum absolute atomic E-state index is 13.3. The average molecular weight is 436 g/mol. The van der Waals surface area contributed by atoms with Crippen LogP contribution in [0.3, 0.4) is 0 Å². The highest BCUT2D eigenvalue weighted by atomic mass is 35.5. The van der Waals surface area contributed by atoms with Crippen LogP contribution in [-0.2, 0) is 13.2 Å². The van der Waals surface area contributed by atoms with Gasteiger partial charge in [-0.25, -0.2) is 4.39 Å². The molecule has 3 aromatic carbocycles. The number of amides is 1. The number of nitrogens with zero attached hydrogens (tertiary/aromatic N) is 2. The summed E-state index contributed by atoms with van der Waals surface area (Å²) in [7, 11) is 0. The number of aromatic nitrogens is 2. The van der Waals surface area contributed by atoms with Crippen molar-refractivity contribution < 1.29 is 13.9 Å². The number of carbonyl (C=O) groups excluding carboxylic acids is 1. The Balaban J connectivity index is 1.38. The van der Waals surface area contributed by atoms with E-state index in [0.717, 1.165) is 11.1 Å².